The second kappa shape index (κ2) is 7.81. The summed E-state index contributed by atoms with van der Waals surface area (Å²) in [5, 5.41) is 3.15. The number of halogens is 1. The lowest BCUT2D eigenvalue weighted by Crippen LogP contribution is -2.43. The summed E-state index contributed by atoms with van der Waals surface area (Å²) in [7, 11) is 0. The first-order valence-corrected chi connectivity index (χ1v) is 9.03. The second-order valence-corrected chi connectivity index (χ2v) is 7.04. The van der Waals surface area contributed by atoms with E-state index in [0.717, 1.165) is 6.42 Å². The summed E-state index contributed by atoms with van der Waals surface area (Å²) in [5.41, 5.74) is 0.385. The normalized spacial score (nSPS) is 23.4. The summed E-state index contributed by atoms with van der Waals surface area (Å²) >= 11 is 0. The van der Waals surface area contributed by atoms with Gasteiger partial charge in [-0.3, -0.25) is 4.79 Å². The zero-order valence-electron chi connectivity index (χ0n) is 14.8. The van der Waals surface area contributed by atoms with Crippen molar-refractivity contribution in [3.63, 3.8) is 0 Å². The molecule has 5 heteroatoms. The van der Waals surface area contributed by atoms with Gasteiger partial charge in [-0.2, -0.15) is 0 Å². The Bertz CT molecular complexity index is 728. The molecule has 0 radical (unpaired) electrons. The molecule has 0 aliphatic heterocycles. The maximum Gasteiger partial charge on any atom is 0.220 e. The van der Waals surface area contributed by atoms with Crippen LogP contribution in [-0.4, -0.2) is 16.9 Å². The van der Waals surface area contributed by atoms with Crippen LogP contribution in [0.1, 0.15) is 45.4 Å². The Morgan fingerprint density at radius 1 is 1.32 bits per heavy atom. The number of nitrogens with one attached hydrogen (secondary N) is 1. The number of oxazole rings is 1. The van der Waals surface area contributed by atoms with E-state index in [1.165, 1.54) is 25.1 Å². The number of rotatable bonds is 5. The van der Waals surface area contributed by atoms with Crippen molar-refractivity contribution in [3.05, 3.63) is 42.2 Å². The number of carbonyl (C=O) groups excluding carboxylic acids is 1. The molecule has 3 rings (SSSR count). The molecule has 25 heavy (non-hydrogen) atoms. The molecule has 1 N–H and O–H groups in total. The van der Waals surface area contributed by atoms with E-state index < -0.39 is 0 Å². The van der Waals surface area contributed by atoms with E-state index in [4.69, 9.17) is 4.42 Å². The highest BCUT2D eigenvalue weighted by Crippen LogP contribution is 2.29. The first-order chi connectivity index (χ1) is 12.0. The predicted octanol–water partition coefficient (Wildman–Crippen LogP) is 4.35. The van der Waals surface area contributed by atoms with Crippen LogP contribution in [0.2, 0.25) is 0 Å². The van der Waals surface area contributed by atoms with E-state index in [0.29, 0.717) is 41.9 Å². The summed E-state index contributed by atoms with van der Waals surface area (Å²) in [4.78, 5) is 16.4. The fourth-order valence-corrected chi connectivity index (χ4v) is 3.50. The SMILES string of the molecule is CC1CCCC(NC(=O)CCc2ncc(-c3ccccc3F)o2)C1C. The number of aromatic nitrogens is 1. The average molecular weight is 344 g/mol. The van der Waals surface area contributed by atoms with E-state index in [9.17, 15) is 9.18 Å². The Morgan fingerprint density at radius 3 is 2.92 bits per heavy atom. The van der Waals surface area contributed by atoms with Crippen LogP contribution in [0.5, 0.6) is 0 Å². The first-order valence-electron chi connectivity index (χ1n) is 9.03. The van der Waals surface area contributed by atoms with Crippen molar-refractivity contribution in [1.29, 1.82) is 0 Å². The molecule has 0 spiro atoms. The number of hydrogen-bond donors (Lipinski definition) is 1. The Morgan fingerprint density at radius 2 is 2.12 bits per heavy atom. The third-order valence-electron chi connectivity index (χ3n) is 5.31. The van der Waals surface area contributed by atoms with E-state index in [-0.39, 0.29) is 17.8 Å². The largest absolute Gasteiger partial charge is 0.441 e. The van der Waals surface area contributed by atoms with Crippen molar-refractivity contribution in [2.24, 2.45) is 11.8 Å². The maximum atomic E-state index is 13.8. The fraction of sp³-hybridized carbons (Fsp3) is 0.500. The van der Waals surface area contributed by atoms with Gasteiger partial charge in [0.05, 0.1) is 11.8 Å². The molecular formula is C20H25FN2O2. The molecule has 1 aliphatic carbocycles. The zero-order valence-corrected chi connectivity index (χ0v) is 14.8. The highest BCUT2D eigenvalue weighted by atomic mass is 19.1. The van der Waals surface area contributed by atoms with Crippen molar-refractivity contribution in [1.82, 2.24) is 10.3 Å². The molecule has 1 aromatic heterocycles. The van der Waals surface area contributed by atoms with Crippen LogP contribution in [0, 0.1) is 17.7 Å². The van der Waals surface area contributed by atoms with Gasteiger partial charge in [-0.25, -0.2) is 9.37 Å². The monoisotopic (exact) mass is 344 g/mol. The van der Waals surface area contributed by atoms with E-state index >= 15 is 0 Å². The molecule has 3 atom stereocenters. The molecular weight excluding hydrogens is 319 g/mol. The van der Waals surface area contributed by atoms with Crippen LogP contribution in [-0.2, 0) is 11.2 Å². The van der Waals surface area contributed by atoms with Gasteiger partial charge in [0.2, 0.25) is 5.91 Å². The molecule has 1 aliphatic rings. The Balaban J connectivity index is 1.54. The van der Waals surface area contributed by atoms with Gasteiger partial charge in [0.1, 0.15) is 5.82 Å². The predicted molar refractivity (Wildman–Crippen MR) is 94.3 cm³/mol. The minimum Gasteiger partial charge on any atom is -0.441 e. The number of aryl methyl sites for hydroxylation is 1. The van der Waals surface area contributed by atoms with Crippen molar-refractivity contribution >= 4 is 5.91 Å². The molecule has 1 fully saturated rings. The van der Waals surface area contributed by atoms with Crippen LogP contribution >= 0.6 is 0 Å². The lowest BCUT2D eigenvalue weighted by atomic mass is 9.78. The summed E-state index contributed by atoms with van der Waals surface area (Å²) in [6, 6.07) is 6.68. The van der Waals surface area contributed by atoms with Gasteiger partial charge in [0, 0.05) is 18.9 Å². The van der Waals surface area contributed by atoms with Gasteiger partial charge >= 0.3 is 0 Å². The van der Waals surface area contributed by atoms with Crippen molar-refractivity contribution in [2.75, 3.05) is 0 Å². The fourth-order valence-electron chi connectivity index (χ4n) is 3.50. The van der Waals surface area contributed by atoms with E-state index in [1.54, 1.807) is 18.2 Å². The summed E-state index contributed by atoms with van der Waals surface area (Å²) < 4.78 is 19.4. The molecule has 0 bridgehead atoms. The molecule has 1 heterocycles. The molecule has 1 amide bonds. The summed E-state index contributed by atoms with van der Waals surface area (Å²) in [6.45, 7) is 4.46. The number of hydrogen-bond acceptors (Lipinski definition) is 3. The molecule has 134 valence electrons. The standard InChI is InChI=1S/C20H25FN2O2/c1-13-6-5-9-17(14(13)2)23-19(24)10-11-20-22-12-18(25-20)15-7-3-4-8-16(15)21/h3-4,7-8,12-14,17H,5-6,9-11H2,1-2H3,(H,23,24). The lowest BCUT2D eigenvalue weighted by molar-refractivity contribution is -0.122. The van der Waals surface area contributed by atoms with Crippen LogP contribution < -0.4 is 5.32 Å². The van der Waals surface area contributed by atoms with Crippen molar-refractivity contribution in [3.8, 4) is 11.3 Å². The van der Waals surface area contributed by atoms with Gasteiger partial charge in [0.15, 0.2) is 11.7 Å². The first kappa shape index (κ1) is 17.6. The number of nitrogens with zero attached hydrogens (tertiary/aromatic N) is 1. The minimum atomic E-state index is -0.344. The van der Waals surface area contributed by atoms with E-state index in [2.05, 4.69) is 24.1 Å². The number of amides is 1. The Labute approximate surface area is 147 Å². The van der Waals surface area contributed by atoms with Crippen molar-refractivity contribution in [2.45, 2.75) is 52.0 Å². The maximum absolute atomic E-state index is 13.8. The summed E-state index contributed by atoms with van der Waals surface area (Å²) in [5.74, 6) is 1.68. The van der Waals surface area contributed by atoms with Gasteiger partial charge in [-0.1, -0.05) is 38.8 Å². The molecule has 3 unspecified atom stereocenters. The number of carbonyl (C=O) groups is 1. The van der Waals surface area contributed by atoms with Crippen LogP contribution in [0.3, 0.4) is 0 Å². The minimum absolute atomic E-state index is 0.0246. The highest BCUT2D eigenvalue weighted by Gasteiger charge is 2.28. The van der Waals surface area contributed by atoms with Gasteiger partial charge in [-0.15, -0.1) is 0 Å². The smallest absolute Gasteiger partial charge is 0.220 e. The van der Waals surface area contributed by atoms with Gasteiger partial charge < -0.3 is 9.73 Å². The van der Waals surface area contributed by atoms with Crippen LogP contribution in [0.15, 0.2) is 34.9 Å². The Hall–Kier alpha value is -2.17. The molecule has 4 nitrogen and oxygen atoms in total. The molecule has 0 saturated heterocycles. The third kappa shape index (κ3) is 4.27. The van der Waals surface area contributed by atoms with Gasteiger partial charge in [-0.05, 0) is 30.4 Å². The van der Waals surface area contributed by atoms with Crippen molar-refractivity contribution < 1.29 is 13.6 Å². The number of benzene rings is 1. The molecule has 2 aromatic rings. The highest BCUT2D eigenvalue weighted by molar-refractivity contribution is 5.76. The van der Waals surface area contributed by atoms with E-state index in [1.807, 2.05) is 0 Å². The zero-order chi connectivity index (χ0) is 17.8. The molecule has 1 saturated carbocycles. The van der Waals surface area contributed by atoms with Gasteiger partial charge in [0.25, 0.3) is 0 Å². The Kier molecular flexibility index (Phi) is 5.51. The third-order valence-corrected chi connectivity index (χ3v) is 5.31. The molecule has 1 aromatic carbocycles. The second-order valence-electron chi connectivity index (χ2n) is 7.04. The average Bonchev–Trinajstić information content (AvgIpc) is 3.06. The summed E-state index contributed by atoms with van der Waals surface area (Å²) in [6.07, 6.45) is 5.71. The van der Waals surface area contributed by atoms with Crippen LogP contribution in [0.4, 0.5) is 4.39 Å². The topological polar surface area (TPSA) is 55.1 Å². The quantitative estimate of drug-likeness (QED) is 0.877. The lowest BCUT2D eigenvalue weighted by Gasteiger charge is -2.34. The van der Waals surface area contributed by atoms with Crippen LogP contribution in [0.25, 0.3) is 11.3 Å².